The molecule has 0 bridgehead atoms. The van der Waals surface area contributed by atoms with Crippen molar-refractivity contribution in [3.63, 3.8) is 0 Å². The van der Waals surface area contributed by atoms with Crippen molar-refractivity contribution in [2.75, 3.05) is 38.1 Å². The fourth-order valence-electron chi connectivity index (χ4n) is 6.61. The van der Waals surface area contributed by atoms with Crippen molar-refractivity contribution < 1.29 is 27.5 Å². The molecule has 4 heterocycles. The van der Waals surface area contributed by atoms with Gasteiger partial charge in [-0.05, 0) is 96.6 Å². The highest BCUT2D eigenvalue weighted by Crippen LogP contribution is 2.45. The maximum absolute atomic E-state index is 13.8. The van der Waals surface area contributed by atoms with Crippen molar-refractivity contribution in [3.05, 3.63) is 45.8 Å². The molecule has 2 fully saturated rings. The summed E-state index contributed by atoms with van der Waals surface area (Å²) in [6.07, 6.45) is 3.42. The van der Waals surface area contributed by atoms with Gasteiger partial charge in [0.25, 0.3) is 11.8 Å². The van der Waals surface area contributed by atoms with Gasteiger partial charge in [-0.3, -0.25) is 14.4 Å². The van der Waals surface area contributed by atoms with Gasteiger partial charge in [0.1, 0.15) is 5.00 Å². The number of rotatable bonds is 7. The minimum absolute atomic E-state index is 0.0491. The van der Waals surface area contributed by atoms with Crippen LogP contribution in [0.25, 0.3) is 0 Å². The minimum atomic E-state index is -3.78. The van der Waals surface area contributed by atoms with E-state index in [2.05, 4.69) is 38.3 Å². The van der Waals surface area contributed by atoms with Crippen molar-refractivity contribution >= 4 is 44.1 Å². The molecule has 2 N–H and O–H groups in total. The lowest BCUT2D eigenvalue weighted by Gasteiger charge is -2.42. The first-order valence-corrected chi connectivity index (χ1v) is 17.3. The van der Waals surface area contributed by atoms with Gasteiger partial charge in [-0.2, -0.15) is 4.31 Å². The van der Waals surface area contributed by atoms with E-state index < -0.39 is 15.9 Å². The van der Waals surface area contributed by atoms with Crippen molar-refractivity contribution in [2.45, 2.75) is 82.7 Å². The lowest BCUT2D eigenvalue weighted by atomic mass is 9.81. The number of nitrogens with zero attached hydrogens (tertiary/aromatic N) is 2. The number of anilines is 1. The van der Waals surface area contributed by atoms with Crippen molar-refractivity contribution in [1.29, 1.82) is 0 Å². The summed E-state index contributed by atoms with van der Waals surface area (Å²) >= 11 is 1.43. The highest BCUT2D eigenvalue weighted by Gasteiger charge is 2.42. The van der Waals surface area contributed by atoms with E-state index in [1.807, 2.05) is 4.90 Å². The fourth-order valence-corrected chi connectivity index (χ4v) is 9.35. The number of hydrogen-bond acceptors (Lipinski definition) is 8. The Bertz CT molecular complexity index is 1500. The molecule has 1 aromatic carbocycles. The maximum Gasteiger partial charge on any atom is 0.309 e. The third-order valence-electron chi connectivity index (χ3n) is 8.51. The second-order valence-electron chi connectivity index (χ2n) is 12.8. The van der Waals surface area contributed by atoms with E-state index in [0.717, 1.165) is 23.3 Å². The number of hydrogen-bond donors (Lipinski definition) is 2. The zero-order chi connectivity index (χ0) is 31.2. The largest absolute Gasteiger partial charge is 0.466 e. The fraction of sp³-hybridized carbons (Fsp3) is 0.581. The molecule has 0 unspecified atom stereocenters. The normalized spacial score (nSPS) is 20.4. The van der Waals surface area contributed by atoms with Crippen molar-refractivity contribution in [3.8, 4) is 0 Å². The van der Waals surface area contributed by atoms with Crippen LogP contribution in [0.3, 0.4) is 0 Å². The average Bonchev–Trinajstić information content (AvgIpc) is 3.61. The molecule has 2 saturated heterocycles. The Labute approximate surface area is 258 Å². The topological polar surface area (TPSA) is 125 Å². The number of benzene rings is 1. The second-order valence-corrected chi connectivity index (χ2v) is 15.8. The monoisotopic (exact) mass is 630 g/mol. The summed E-state index contributed by atoms with van der Waals surface area (Å²) in [5, 5.41) is 7.20. The average molecular weight is 631 g/mol. The lowest BCUT2D eigenvalue weighted by Crippen LogP contribution is -2.55. The molecule has 2 amide bonds. The molecule has 0 spiro atoms. The van der Waals surface area contributed by atoms with Crippen LogP contribution in [0.1, 0.15) is 91.5 Å². The Morgan fingerprint density at radius 2 is 1.65 bits per heavy atom. The summed E-state index contributed by atoms with van der Waals surface area (Å²) in [6.45, 7) is 12.4. The summed E-state index contributed by atoms with van der Waals surface area (Å²) < 4.78 is 33.1. The van der Waals surface area contributed by atoms with Crippen molar-refractivity contribution in [2.24, 2.45) is 5.92 Å². The highest BCUT2D eigenvalue weighted by atomic mass is 32.2. The molecule has 10 nitrogen and oxygen atoms in total. The summed E-state index contributed by atoms with van der Waals surface area (Å²) in [5.74, 6) is -1.03. The second kappa shape index (κ2) is 11.9. The van der Waals surface area contributed by atoms with Crippen LogP contribution in [-0.2, 0) is 31.5 Å². The molecule has 3 aliphatic heterocycles. The van der Waals surface area contributed by atoms with Crippen LogP contribution >= 0.6 is 11.3 Å². The van der Waals surface area contributed by atoms with Crippen LogP contribution in [0.15, 0.2) is 29.2 Å². The minimum Gasteiger partial charge on any atom is -0.466 e. The quantitative estimate of drug-likeness (QED) is 0.436. The number of sulfonamides is 1. The van der Waals surface area contributed by atoms with E-state index >= 15 is 0 Å². The number of ether oxygens (including phenoxy) is 1. The predicted octanol–water partition coefficient (Wildman–Crippen LogP) is 4.36. The summed E-state index contributed by atoms with van der Waals surface area (Å²) in [6, 6.07) is 5.87. The number of carbonyl (C=O) groups is 3. The Morgan fingerprint density at radius 1 is 1.02 bits per heavy atom. The number of thiophene rings is 1. The number of fused-ring (bicyclic) bond motifs is 1. The van der Waals surface area contributed by atoms with Crippen LogP contribution < -0.4 is 10.6 Å². The van der Waals surface area contributed by atoms with Crippen LogP contribution in [-0.4, -0.2) is 73.7 Å². The molecule has 234 valence electrons. The van der Waals surface area contributed by atoms with Gasteiger partial charge in [0.2, 0.25) is 10.0 Å². The Morgan fingerprint density at radius 3 is 2.26 bits per heavy atom. The number of likely N-dealkylation sites (tertiary alicyclic amines) is 1. The van der Waals surface area contributed by atoms with E-state index in [1.165, 1.54) is 39.9 Å². The highest BCUT2D eigenvalue weighted by molar-refractivity contribution is 7.89. The van der Waals surface area contributed by atoms with Gasteiger partial charge in [0.05, 0.1) is 23.0 Å². The molecular weight excluding hydrogens is 588 g/mol. The SMILES string of the molecule is CCOC(=O)C1CCN(S(=O)(=O)c2ccc(C(=O)Nc3sc4c(c3C(=O)N3CCCC3)CC(C)(C)NC4(C)C)cc2)CC1. The first kappa shape index (κ1) is 31.6. The number of piperidine rings is 1. The summed E-state index contributed by atoms with van der Waals surface area (Å²) in [5.41, 5.74) is 1.24. The van der Waals surface area contributed by atoms with Crippen LogP contribution in [0, 0.1) is 5.92 Å². The predicted molar refractivity (Wildman–Crippen MR) is 166 cm³/mol. The number of esters is 1. The van der Waals surface area contributed by atoms with Crippen LogP contribution in [0.5, 0.6) is 0 Å². The molecule has 1 aromatic heterocycles. The van der Waals surface area contributed by atoms with Gasteiger partial charge < -0.3 is 20.3 Å². The van der Waals surface area contributed by atoms with Gasteiger partial charge in [-0.1, -0.05) is 0 Å². The first-order valence-electron chi connectivity index (χ1n) is 15.1. The molecule has 0 saturated carbocycles. The van der Waals surface area contributed by atoms with Gasteiger partial charge >= 0.3 is 5.97 Å². The molecule has 3 aliphatic rings. The Kier molecular flexibility index (Phi) is 8.78. The maximum atomic E-state index is 13.8. The Balaban J connectivity index is 1.36. The van der Waals surface area contributed by atoms with E-state index in [4.69, 9.17) is 4.74 Å². The molecule has 2 aromatic rings. The van der Waals surface area contributed by atoms with Gasteiger partial charge in [-0.25, -0.2) is 8.42 Å². The smallest absolute Gasteiger partial charge is 0.309 e. The van der Waals surface area contributed by atoms with E-state index in [0.29, 0.717) is 55.1 Å². The molecule has 0 atom stereocenters. The standard InChI is InChI=1S/C31H42N4O6S2/c1-6-41-29(38)21-13-17-35(18-14-21)43(39,40)22-11-9-20(10-12-22)26(36)32-27-24(28(37)34-15-7-8-16-34)23-19-30(2,3)33-31(4,5)25(23)42-27/h9-12,21,33H,6-8,13-19H2,1-5H3,(H,32,36). The van der Waals surface area contributed by atoms with E-state index in [9.17, 15) is 22.8 Å². The molecular formula is C31H42N4O6S2. The molecule has 43 heavy (non-hydrogen) atoms. The zero-order valence-corrected chi connectivity index (χ0v) is 27.3. The van der Waals surface area contributed by atoms with Crippen LogP contribution in [0.4, 0.5) is 5.00 Å². The van der Waals surface area contributed by atoms with Gasteiger partial charge in [-0.15, -0.1) is 11.3 Å². The molecule has 12 heteroatoms. The lowest BCUT2D eigenvalue weighted by molar-refractivity contribution is -0.149. The third-order valence-corrected chi connectivity index (χ3v) is 11.9. The van der Waals surface area contributed by atoms with E-state index in [-0.39, 0.29) is 46.9 Å². The number of carbonyl (C=O) groups excluding carboxylic acids is 3. The molecule has 0 radical (unpaired) electrons. The number of amides is 2. The van der Waals surface area contributed by atoms with Crippen molar-refractivity contribution in [1.82, 2.24) is 14.5 Å². The van der Waals surface area contributed by atoms with Gasteiger partial charge in [0, 0.05) is 47.7 Å². The first-order chi connectivity index (χ1) is 20.2. The molecule has 5 rings (SSSR count). The Hall–Kier alpha value is -2.80. The van der Waals surface area contributed by atoms with Gasteiger partial charge in [0.15, 0.2) is 0 Å². The van der Waals surface area contributed by atoms with Crippen LogP contribution in [0.2, 0.25) is 0 Å². The molecule has 0 aliphatic carbocycles. The third kappa shape index (κ3) is 6.38. The number of nitrogens with one attached hydrogen (secondary N) is 2. The van der Waals surface area contributed by atoms with E-state index in [1.54, 1.807) is 6.92 Å². The summed E-state index contributed by atoms with van der Waals surface area (Å²) in [7, 11) is -3.78. The summed E-state index contributed by atoms with van der Waals surface area (Å²) in [4.78, 5) is 42.3. The zero-order valence-electron chi connectivity index (χ0n) is 25.6.